The number of rotatable bonds is 9. The standard InChI is InChI=1S/C23H35Si.3ClH.Ti/c1-6-8-10-12-21-16-22(15-20(21)11-9-7-2)24-23-18(4)13-17(3)14-19(23)5;;;;/h13-14H,6-12,16,24H2,1-5H3;3*1H;/q-1;;;;+4/p-3. The topological polar surface area (TPSA) is 0 Å². The molecule has 0 radical (unpaired) electrons. The number of aryl methyl sites for hydroxylation is 3. The van der Waals surface area contributed by atoms with Gasteiger partial charge in [-0.1, -0.05) is 99.2 Å². The van der Waals surface area contributed by atoms with Gasteiger partial charge >= 0.3 is 21.7 Å². The first-order valence-electron chi connectivity index (χ1n) is 9.94. The van der Waals surface area contributed by atoms with Crippen molar-refractivity contribution in [2.45, 2.75) is 86.0 Å². The van der Waals surface area contributed by atoms with Crippen LogP contribution in [0, 0.1) is 26.8 Å². The molecule has 0 saturated carbocycles. The van der Waals surface area contributed by atoms with Crippen molar-refractivity contribution in [3.63, 3.8) is 0 Å². The van der Waals surface area contributed by atoms with Gasteiger partial charge in [0.05, 0.1) is 9.52 Å². The zero-order valence-corrected chi connectivity index (χ0v) is 23.4. The van der Waals surface area contributed by atoms with E-state index in [1.807, 2.05) is 0 Å². The minimum atomic E-state index is -0.360. The van der Waals surface area contributed by atoms with Crippen LogP contribution in [0.25, 0.3) is 0 Å². The Bertz CT molecular complexity index is 616. The maximum atomic E-state index is 3.88. The molecule has 0 N–H and O–H groups in total. The van der Waals surface area contributed by atoms with Crippen LogP contribution < -0.4 is 42.4 Å². The molecule has 0 amide bonds. The van der Waals surface area contributed by atoms with E-state index in [0.29, 0.717) is 0 Å². The molecule has 0 bridgehead atoms. The quantitative estimate of drug-likeness (QED) is 0.191. The van der Waals surface area contributed by atoms with E-state index in [1.165, 1.54) is 68.1 Å². The Kier molecular flexibility index (Phi) is 20.4. The second kappa shape index (κ2) is 17.2. The summed E-state index contributed by atoms with van der Waals surface area (Å²) < 4.78 is 0. The average Bonchev–Trinajstić information content (AvgIpc) is 2.91. The van der Waals surface area contributed by atoms with Crippen LogP contribution in [0.15, 0.2) is 28.5 Å². The van der Waals surface area contributed by atoms with E-state index in [9.17, 15) is 0 Å². The molecule has 1 aliphatic rings. The van der Waals surface area contributed by atoms with Gasteiger partial charge < -0.3 is 37.2 Å². The molecule has 5 heteroatoms. The summed E-state index contributed by atoms with van der Waals surface area (Å²) in [6, 6.07) is 4.72. The van der Waals surface area contributed by atoms with E-state index in [0.717, 1.165) is 0 Å². The molecular weight excluding hydrogens is 459 g/mol. The molecule has 0 atom stereocenters. The maximum absolute atomic E-state index is 3.88. The third-order valence-electron chi connectivity index (χ3n) is 5.27. The van der Waals surface area contributed by atoms with E-state index in [2.05, 4.69) is 52.8 Å². The number of allylic oxidation sites excluding steroid dienone is 4. The van der Waals surface area contributed by atoms with Crippen molar-refractivity contribution < 1.29 is 58.9 Å². The largest absolute Gasteiger partial charge is 4.00 e. The molecule has 0 spiro atoms. The van der Waals surface area contributed by atoms with Crippen LogP contribution in [0.1, 0.15) is 81.9 Å². The molecule has 0 aliphatic heterocycles. The third-order valence-corrected chi connectivity index (χ3v) is 7.60. The number of benzene rings is 1. The van der Waals surface area contributed by atoms with Gasteiger partial charge in [0.15, 0.2) is 0 Å². The first kappa shape index (κ1) is 33.1. The van der Waals surface area contributed by atoms with Gasteiger partial charge in [-0.2, -0.15) is 5.20 Å². The molecule has 0 unspecified atom stereocenters. The van der Waals surface area contributed by atoms with Crippen molar-refractivity contribution in [1.82, 2.24) is 0 Å². The van der Waals surface area contributed by atoms with Crippen LogP contribution in [0.4, 0.5) is 0 Å². The Morgan fingerprint density at radius 3 is 1.96 bits per heavy atom. The van der Waals surface area contributed by atoms with Crippen molar-refractivity contribution in [2.75, 3.05) is 0 Å². The first-order chi connectivity index (χ1) is 11.5. The number of halogens is 3. The van der Waals surface area contributed by atoms with E-state index < -0.39 is 0 Å². The summed E-state index contributed by atoms with van der Waals surface area (Å²) in [5, 5.41) is 3.32. The van der Waals surface area contributed by atoms with Crippen molar-refractivity contribution in [1.29, 1.82) is 0 Å². The first-order valence-corrected chi connectivity index (χ1v) is 11.4. The predicted molar refractivity (Wildman–Crippen MR) is 111 cm³/mol. The Morgan fingerprint density at radius 2 is 1.43 bits per heavy atom. The third kappa shape index (κ3) is 10.0. The van der Waals surface area contributed by atoms with Crippen LogP contribution in [-0.2, 0) is 21.7 Å². The molecule has 0 fully saturated rings. The minimum absolute atomic E-state index is 0. The van der Waals surface area contributed by atoms with Crippen LogP contribution >= 0.6 is 0 Å². The van der Waals surface area contributed by atoms with Crippen LogP contribution in [0.2, 0.25) is 0 Å². The molecule has 0 saturated heterocycles. The predicted octanol–water partition coefficient (Wildman–Crippen LogP) is -3.43. The van der Waals surface area contributed by atoms with Gasteiger partial charge in [-0.05, 0) is 20.8 Å². The van der Waals surface area contributed by atoms with Gasteiger partial charge in [0.2, 0.25) is 0 Å². The fraction of sp³-hybridized carbons (Fsp3) is 0.565. The fourth-order valence-corrected chi connectivity index (χ4v) is 5.86. The van der Waals surface area contributed by atoms with E-state index in [4.69, 9.17) is 0 Å². The number of hydrogen-bond acceptors (Lipinski definition) is 0. The van der Waals surface area contributed by atoms with Gasteiger partial charge in [-0.15, -0.1) is 0 Å². The summed E-state index contributed by atoms with van der Waals surface area (Å²) in [6.07, 6.45) is 14.3. The average molecular weight is 494 g/mol. The smallest absolute Gasteiger partial charge is 1.00 e. The van der Waals surface area contributed by atoms with Crippen LogP contribution in [0.3, 0.4) is 0 Å². The molecule has 1 aliphatic carbocycles. The second-order valence-corrected chi connectivity index (χ2v) is 9.52. The van der Waals surface area contributed by atoms with Crippen molar-refractivity contribution >= 4 is 14.7 Å². The zero-order valence-electron chi connectivity index (χ0n) is 18.2. The Balaban J connectivity index is -0.00000156. The van der Waals surface area contributed by atoms with Crippen molar-refractivity contribution in [3.05, 3.63) is 51.2 Å². The Labute approximate surface area is 209 Å². The summed E-state index contributed by atoms with van der Waals surface area (Å²) >= 11 is 0. The molecule has 28 heavy (non-hydrogen) atoms. The Morgan fingerprint density at radius 1 is 0.857 bits per heavy atom. The monoisotopic (exact) mass is 492 g/mol. The van der Waals surface area contributed by atoms with E-state index >= 15 is 0 Å². The summed E-state index contributed by atoms with van der Waals surface area (Å²) in [4.78, 5) is 0. The van der Waals surface area contributed by atoms with Crippen molar-refractivity contribution in [3.8, 4) is 0 Å². The van der Waals surface area contributed by atoms with Gasteiger partial charge in [-0.25, -0.2) is 11.1 Å². The number of unbranched alkanes of at least 4 members (excludes halogenated alkanes) is 3. The van der Waals surface area contributed by atoms with Crippen LogP contribution in [-0.4, -0.2) is 9.52 Å². The molecule has 0 nitrogen and oxygen atoms in total. The Hall–Kier alpha value is 0.501. The molecule has 0 aromatic heterocycles. The molecule has 1 aromatic rings. The minimum Gasteiger partial charge on any atom is -1.00 e. The SMILES string of the molecule is CCCCCC1=C(CCCC)[C-]=C([SiH2]c2c(C)cc(C)cc2C)C1.[Cl-].[Cl-].[Cl-].[Ti+4]. The molecule has 1 aromatic carbocycles. The fourth-order valence-electron chi connectivity index (χ4n) is 3.94. The number of hydrogen-bond donors (Lipinski definition) is 0. The van der Waals surface area contributed by atoms with Gasteiger partial charge in [0.25, 0.3) is 0 Å². The second-order valence-electron chi connectivity index (χ2n) is 7.60. The summed E-state index contributed by atoms with van der Waals surface area (Å²) in [5.74, 6) is 0. The van der Waals surface area contributed by atoms with Crippen molar-refractivity contribution in [2.24, 2.45) is 0 Å². The zero-order chi connectivity index (χ0) is 17.5. The maximum Gasteiger partial charge on any atom is 4.00 e. The summed E-state index contributed by atoms with van der Waals surface area (Å²) in [5.41, 5.74) is 7.71. The summed E-state index contributed by atoms with van der Waals surface area (Å²) in [7, 11) is -0.360. The molecule has 0 heterocycles. The van der Waals surface area contributed by atoms with E-state index in [-0.39, 0.29) is 68.5 Å². The van der Waals surface area contributed by atoms with Gasteiger partial charge in [-0.3, -0.25) is 6.08 Å². The summed E-state index contributed by atoms with van der Waals surface area (Å²) in [6.45, 7) is 11.4. The molecule has 2 rings (SSSR count). The van der Waals surface area contributed by atoms with E-state index in [1.54, 1.807) is 21.5 Å². The van der Waals surface area contributed by atoms with Gasteiger partial charge in [0, 0.05) is 0 Å². The normalized spacial score (nSPS) is 12.8. The molecular formula is C23H35Cl3SiTi. The van der Waals surface area contributed by atoms with Gasteiger partial charge in [0.1, 0.15) is 0 Å². The van der Waals surface area contributed by atoms with Crippen LogP contribution in [0.5, 0.6) is 0 Å². The molecule has 156 valence electrons.